The minimum Gasteiger partial charge on any atom is -0.468 e. The molecule has 0 spiro atoms. The van der Waals surface area contributed by atoms with Gasteiger partial charge < -0.3 is 19.6 Å². The van der Waals surface area contributed by atoms with E-state index in [-0.39, 0.29) is 24.8 Å². The Balaban J connectivity index is 1.21. The number of esters is 1. The van der Waals surface area contributed by atoms with Gasteiger partial charge in [-0.05, 0) is 30.7 Å². The van der Waals surface area contributed by atoms with Gasteiger partial charge in [-0.15, -0.1) is 5.10 Å². The molecular weight excluding hydrogens is 611 g/mol. The number of halogens is 1. The third-order valence-electron chi connectivity index (χ3n) is 7.79. The van der Waals surface area contributed by atoms with E-state index < -0.39 is 18.1 Å². The number of β-amino-alcohol motifs (C(OH)–C–C–N with tert-alkyl or cyclic N) is 1. The van der Waals surface area contributed by atoms with Crippen molar-refractivity contribution in [2.45, 2.75) is 25.5 Å². The van der Waals surface area contributed by atoms with E-state index >= 15 is 0 Å². The van der Waals surface area contributed by atoms with E-state index in [0.29, 0.717) is 64.7 Å². The molecule has 0 bridgehead atoms. The number of fused-ring (bicyclic) bond motifs is 1. The van der Waals surface area contributed by atoms with Crippen LogP contribution in [0.2, 0.25) is 0 Å². The zero-order valence-corrected chi connectivity index (χ0v) is 25.9. The molecule has 17 heteroatoms. The summed E-state index contributed by atoms with van der Waals surface area (Å²) in [5, 5.41) is 26.7. The SMILES string of the molecule is CCc1nc2sc(N3CCN(CC(=O)N4CC(O)C4)[C@H](C(=O)OC)C3)nn2c1N(C)N1NC(c2ccc(F)cc2)=C(C#N)S1. The summed E-state index contributed by atoms with van der Waals surface area (Å²) in [5.74, 6) is -0.222. The molecule has 44 heavy (non-hydrogen) atoms. The van der Waals surface area contributed by atoms with Crippen molar-refractivity contribution in [1.82, 2.24) is 34.3 Å². The number of nitrogens with zero attached hydrogens (tertiary/aromatic N) is 9. The Bertz CT molecular complexity index is 1650. The molecule has 1 amide bonds. The van der Waals surface area contributed by atoms with Crippen molar-refractivity contribution in [2.24, 2.45) is 0 Å². The number of nitriles is 1. The highest BCUT2D eigenvalue weighted by molar-refractivity contribution is 8.01. The molecule has 232 valence electrons. The van der Waals surface area contributed by atoms with Gasteiger partial charge in [0.15, 0.2) is 5.82 Å². The van der Waals surface area contributed by atoms with Gasteiger partial charge in [-0.25, -0.2) is 9.37 Å². The van der Waals surface area contributed by atoms with Gasteiger partial charge in [0, 0.05) is 57.3 Å². The topological polar surface area (TPSA) is 146 Å². The number of hydrazine groups is 2. The number of nitrogens with one attached hydrogen (secondary N) is 1. The zero-order chi connectivity index (χ0) is 31.1. The second kappa shape index (κ2) is 12.2. The monoisotopic (exact) mass is 642 g/mol. The van der Waals surface area contributed by atoms with E-state index in [0.717, 1.165) is 5.69 Å². The molecule has 0 unspecified atom stereocenters. The van der Waals surface area contributed by atoms with Gasteiger partial charge >= 0.3 is 5.97 Å². The van der Waals surface area contributed by atoms with Crippen molar-refractivity contribution in [3.8, 4) is 6.07 Å². The standard InChI is InChI=1S/C27H31FN10O4S2/c1-4-19-24(33(2)38-31-23(21(11-29)44-38)16-5-7-17(28)8-6-16)37-26(30-19)43-27(32-37)35-10-9-34(20(14-35)25(41)42-3)15-22(40)36-12-18(39)13-36/h5-8,18,20,31,39H,4,9-10,12-15H2,1-3H3/t20-/m0/s1. The lowest BCUT2D eigenvalue weighted by Gasteiger charge is -2.42. The molecule has 3 aliphatic rings. The number of aliphatic hydroxyl groups excluding tert-OH is 1. The first-order valence-electron chi connectivity index (χ1n) is 14.0. The number of aryl methyl sites for hydroxylation is 1. The highest BCUT2D eigenvalue weighted by Gasteiger charge is 2.38. The number of carbonyl (C=O) groups is 2. The summed E-state index contributed by atoms with van der Waals surface area (Å²) >= 11 is 2.60. The van der Waals surface area contributed by atoms with E-state index in [9.17, 15) is 24.3 Å². The van der Waals surface area contributed by atoms with Crippen molar-refractivity contribution < 1.29 is 23.8 Å². The fourth-order valence-electron chi connectivity index (χ4n) is 5.35. The number of piperazine rings is 1. The molecule has 3 aromatic rings. The summed E-state index contributed by atoms with van der Waals surface area (Å²) in [6.07, 6.45) is 0.146. The van der Waals surface area contributed by atoms with Crippen LogP contribution in [0.5, 0.6) is 0 Å². The zero-order valence-electron chi connectivity index (χ0n) is 24.3. The number of amides is 1. The van der Waals surface area contributed by atoms with Crippen LogP contribution in [0.15, 0.2) is 29.2 Å². The first kappa shape index (κ1) is 30.1. The lowest BCUT2D eigenvalue weighted by atomic mass is 10.1. The predicted molar refractivity (Wildman–Crippen MR) is 162 cm³/mol. The Morgan fingerprint density at radius 1 is 1.25 bits per heavy atom. The second-order valence-electron chi connectivity index (χ2n) is 10.5. The fraction of sp³-hybridized carbons (Fsp3) is 0.444. The van der Waals surface area contributed by atoms with Crippen LogP contribution < -0.4 is 15.3 Å². The van der Waals surface area contributed by atoms with Crippen molar-refractivity contribution in [1.29, 1.82) is 5.26 Å². The number of ether oxygens (including phenoxy) is 1. The number of hydrogen-bond donors (Lipinski definition) is 2. The Morgan fingerprint density at radius 2 is 2.00 bits per heavy atom. The third-order valence-corrected chi connectivity index (χ3v) is 9.74. The minimum atomic E-state index is -0.668. The largest absolute Gasteiger partial charge is 0.468 e. The summed E-state index contributed by atoms with van der Waals surface area (Å²) in [4.78, 5) is 36.8. The number of allylic oxidation sites excluding steroid dienone is 1. The maximum Gasteiger partial charge on any atom is 0.324 e. The summed E-state index contributed by atoms with van der Waals surface area (Å²) in [7, 11) is 3.17. The normalized spacial score (nSPS) is 19.7. The Hall–Kier alpha value is -3.95. The number of hydrogen-bond acceptors (Lipinski definition) is 14. The molecule has 2 N–H and O–H groups in total. The van der Waals surface area contributed by atoms with Crippen LogP contribution in [-0.4, -0.2) is 111 Å². The molecule has 14 nitrogen and oxygen atoms in total. The quantitative estimate of drug-likeness (QED) is 0.267. The Labute approximate surface area is 260 Å². The highest BCUT2D eigenvalue weighted by atomic mass is 32.2. The molecule has 3 aliphatic heterocycles. The van der Waals surface area contributed by atoms with Gasteiger partial charge in [0.25, 0.3) is 0 Å². The van der Waals surface area contributed by atoms with Gasteiger partial charge in [-0.1, -0.05) is 22.8 Å². The lowest BCUT2D eigenvalue weighted by molar-refractivity contribution is -0.150. The molecule has 1 atom stereocenters. The number of aliphatic hydroxyl groups is 1. The van der Waals surface area contributed by atoms with E-state index in [4.69, 9.17) is 14.8 Å². The van der Waals surface area contributed by atoms with Crippen LogP contribution >= 0.6 is 23.3 Å². The van der Waals surface area contributed by atoms with E-state index in [1.54, 1.807) is 26.1 Å². The fourth-order valence-corrected chi connectivity index (χ4v) is 7.10. The third kappa shape index (κ3) is 5.55. The maximum atomic E-state index is 13.5. The summed E-state index contributed by atoms with van der Waals surface area (Å²) in [5.41, 5.74) is 5.30. The first-order valence-corrected chi connectivity index (χ1v) is 15.6. The molecule has 6 rings (SSSR count). The summed E-state index contributed by atoms with van der Waals surface area (Å²) < 4.78 is 22.1. The van der Waals surface area contributed by atoms with Crippen molar-refractivity contribution in [2.75, 3.05) is 63.3 Å². The molecule has 0 saturated carbocycles. The smallest absolute Gasteiger partial charge is 0.324 e. The lowest BCUT2D eigenvalue weighted by Crippen LogP contribution is -2.61. The predicted octanol–water partition coefficient (Wildman–Crippen LogP) is 1.07. The van der Waals surface area contributed by atoms with Crippen LogP contribution in [0.25, 0.3) is 10.7 Å². The van der Waals surface area contributed by atoms with Crippen LogP contribution in [0.3, 0.4) is 0 Å². The van der Waals surface area contributed by atoms with Crippen LogP contribution in [0, 0.1) is 17.1 Å². The van der Waals surface area contributed by atoms with Crippen LogP contribution in [0.1, 0.15) is 18.2 Å². The second-order valence-corrected chi connectivity index (χ2v) is 12.4. The number of anilines is 2. The minimum absolute atomic E-state index is 0.0649. The number of methoxy groups -OCH3 is 1. The molecule has 0 aliphatic carbocycles. The number of carbonyl (C=O) groups excluding carboxylic acids is 2. The Morgan fingerprint density at radius 3 is 2.66 bits per heavy atom. The van der Waals surface area contributed by atoms with E-state index in [1.807, 2.05) is 28.8 Å². The maximum absolute atomic E-state index is 13.5. The average molecular weight is 643 g/mol. The van der Waals surface area contributed by atoms with E-state index in [2.05, 4.69) is 11.5 Å². The van der Waals surface area contributed by atoms with Gasteiger partial charge in [-0.2, -0.15) is 9.78 Å². The summed E-state index contributed by atoms with van der Waals surface area (Å²) in [6.45, 7) is 3.95. The molecule has 2 fully saturated rings. The van der Waals surface area contributed by atoms with E-state index in [1.165, 1.54) is 42.5 Å². The number of rotatable bonds is 8. The van der Waals surface area contributed by atoms with Crippen molar-refractivity contribution >= 4 is 56.8 Å². The van der Waals surface area contributed by atoms with Crippen molar-refractivity contribution in [3.63, 3.8) is 0 Å². The number of aromatic nitrogens is 3. The van der Waals surface area contributed by atoms with Crippen molar-refractivity contribution in [3.05, 3.63) is 46.2 Å². The average Bonchev–Trinajstić information content (AvgIpc) is 3.72. The molecule has 5 heterocycles. The molecule has 2 saturated heterocycles. The molecule has 0 radical (unpaired) electrons. The van der Waals surface area contributed by atoms with Gasteiger partial charge in [0.2, 0.25) is 16.0 Å². The van der Waals surface area contributed by atoms with Gasteiger partial charge in [-0.3, -0.25) is 24.9 Å². The highest BCUT2D eigenvalue weighted by Crippen LogP contribution is 2.38. The van der Waals surface area contributed by atoms with Crippen LogP contribution in [-0.2, 0) is 20.7 Å². The van der Waals surface area contributed by atoms with Gasteiger partial charge in [0.1, 0.15) is 22.8 Å². The molecular formula is C27H31FN10O4S2. The van der Waals surface area contributed by atoms with Gasteiger partial charge in [0.05, 0.1) is 31.1 Å². The number of imidazole rings is 1. The van der Waals surface area contributed by atoms with Crippen LogP contribution in [0.4, 0.5) is 15.3 Å². The summed E-state index contributed by atoms with van der Waals surface area (Å²) in [6, 6.07) is 7.48. The number of likely N-dealkylation sites (tertiary alicyclic amines) is 1. The number of benzene rings is 1. The molecule has 2 aromatic heterocycles. The Kier molecular flexibility index (Phi) is 8.35. The first-order chi connectivity index (χ1) is 21.2. The molecule has 1 aromatic carbocycles.